The van der Waals surface area contributed by atoms with Gasteiger partial charge in [-0.3, -0.25) is 4.98 Å². The molecule has 3 heteroatoms. The van der Waals surface area contributed by atoms with Gasteiger partial charge in [0.15, 0.2) is 0 Å². The summed E-state index contributed by atoms with van der Waals surface area (Å²) in [5.74, 6) is 0.399. The van der Waals surface area contributed by atoms with Crippen molar-refractivity contribution in [3.8, 4) is 22.8 Å². The number of aromatic nitrogens is 1. The van der Waals surface area contributed by atoms with E-state index in [4.69, 9.17) is 0 Å². The number of phenolic OH excluding ortho intramolecular Hbond substituents is 2. The van der Waals surface area contributed by atoms with E-state index in [0.29, 0.717) is 11.1 Å². The molecule has 3 rings (SSSR count). The van der Waals surface area contributed by atoms with Gasteiger partial charge in [0.1, 0.15) is 11.5 Å². The molecular formula is C21H23NO2. The third-order valence-corrected chi connectivity index (χ3v) is 4.81. The van der Waals surface area contributed by atoms with Gasteiger partial charge in [0, 0.05) is 23.2 Å². The molecule has 0 saturated carbocycles. The van der Waals surface area contributed by atoms with Crippen molar-refractivity contribution in [1.82, 2.24) is 4.98 Å². The molecule has 2 atom stereocenters. The standard InChI is InChI=1S/C21H23NO2/c1-13(2)16-8-7-14(3)10-17(16)21-19(23)11-15(12-20(21)24)18-6-4-5-9-22-18/h4-6,9-12,16-17,23-24H,1,7-8H2,2-3H3/t16-,17+/m0/s1. The van der Waals surface area contributed by atoms with Crippen molar-refractivity contribution in [1.29, 1.82) is 0 Å². The van der Waals surface area contributed by atoms with Crippen LogP contribution in [0.5, 0.6) is 11.5 Å². The second kappa shape index (κ2) is 6.52. The number of allylic oxidation sites excluding steroid dienone is 3. The molecular weight excluding hydrogens is 298 g/mol. The SMILES string of the molecule is C=C(C)[C@@H]1CCC(C)=C[C@H]1c1c(O)cc(-c2ccccn2)cc1O. The molecule has 3 nitrogen and oxygen atoms in total. The summed E-state index contributed by atoms with van der Waals surface area (Å²) in [6, 6.07) is 8.95. The zero-order chi connectivity index (χ0) is 17.3. The summed E-state index contributed by atoms with van der Waals surface area (Å²) in [7, 11) is 0. The van der Waals surface area contributed by atoms with Gasteiger partial charge in [0.05, 0.1) is 5.69 Å². The average molecular weight is 321 g/mol. The molecule has 1 aromatic carbocycles. The first-order valence-electron chi connectivity index (χ1n) is 8.27. The highest BCUT2D eigenvalue weighted by molar-refractivity contribution is 5.67. The number of hydrogen-bond acceptors (Lipinski definition) is 3. The molecule has 1 aliphatic carbocycles. The third-order valence-electron chi connectivity index (χ3n) is 4.81. The Hall–Kier alpha value is -2.55. The molecule has 0 aliphatic heterocycles. The first-order valence-corrected chi connectivity index (χ1v) is 8.27. The summed E-state index contributed by atoms with van der Waals surface area (Å²) in [4.78, 5) is 4.28. The van der Waals surface area contributed by atoms with Crippen LogP contribution in [-0.2, 0) is 0 Å². The first kappa shape index (κ1) is 16.3. The van der Waals surface area contributed by atoms with Gasteiger partial charge >= 0.3 is 0 Å². The van der Waals surface area contributed by atoms with E-state index in [2.05, 4.69) is 24.6 Å². The Morgan fingerprint density at radius 3 is 2.50 bits per heavy atom. The summed E-state index contributed by atoms with van der Waals surface area (Å²) in [5, 5.41) is 21.2. The number of phenols is 2. The van der Waals surface area contributed by atoms with E-state index in [-0.39, 0.29) is 23.3 Å². The van der Waals surface area contributed by atoms with Crippen LogP contribution in [0, 0.1) is 5.92 Å². The molecule has 0 amide bonds. The molecule has 0 fully saturated rings. The minimum Gasteiger partial charge on any atom is -0.507 e. The van der Waals surface area contributed by atoms with Crippen molar-refractivity contribution >= 4 is 0 Å². The van der Waals surface area contributed by atoms with E-state index in [0.717, 1.165) is 24.1 Å². The largest absolute Gasteiger partial charge is 0.507 e. The van der Waals surface area contributed by atoms with E-state index in [1.54, 1.807) is 18.3 Å². The van der Waals surface area contributed by atoms with Crippen LogP contribution in [0.1, 0.15) is 38.2 Å². The molecule has 124 valence electrons. The quantitative estimate of drug-likeness (QED) is 0.766. The maximum absolute atomic E-state index is 10.6. The van der Waals surface area contributed by atoms with Crippen molar-refractivity contribution in [2.24, 2.45) is 5.92 Å². The number of pyridine rings is 1. The molecule has 1 heterocycles. The Kier molecular flexibility index (Phi) is 4.43. The smallest absolute Gasteiger partial charge is 0.123 e. The molecule has 0 saturated heterocycles. The fourth-order valence-electron chi connectivity index (χ4n) is 3.55. The molecule has 24 heavy (non-hydrogen) atoms. The minimum absolute atomic E-state index is 0.0472. The van der Waals surface area contributed by atoms with E-state index in [1.165, 1.54) is 5.57 Å². The first-order chi connectivity index (χ1) is 11.5. The molecule has 0 radical (unpaired) electrons. The number of benzene rings is 1. The lowest BCUT2D eigenvalue weighted by Crippen LogP contribution is -2.17. The van der Waals surface area contributed by atoms with Gasteiger partial charge in [0.25, 0.3) is 0 Å². The van der Waals surface area contributed by atoms with Crippen molar-refractivity contribution < 1.29 is 10.2 Å². The lowest BCUT2D eigenvalue weighted by molar-refractivity contribution is 0.407. The number of nitrogens with zero attached hydrogens (tertiary/aromatic N) is 1. The lowest BCUT2D eigenvalue weighted by Gasteiger charge is -2.31. The van der Waals surface area contributed by atoms with Gasteiger partial charge in [-0.15, -0.1) is 0 Å². The van der Waals surface area contributed by atoms with E-state index >= 15 is 0 Å². The normalized spacial score (nSPS) is 20.5. The minimum atomic E-state index is -0.0472. The topological polar surface area (TPSA) is 53.4 Å². The molecule has 2 aromatic rings. The van der Waals surface area contributed by atoms with Crippen LogP contribution in [0.25, 0.3) is 11.3 Å². The van der Waals surface area contributed by atoms with Crippen molar-refractivity contribution in [2.75, 3.05) is 0 Å². The van der Waals surface area contributed by atoms with Crippen LogP contribution in [0.3, 0.4) is 0 Å². The lowest BCUT2D eigenvalue weighted by atomic mass is 9.73. The average Bonchev–Trinajstić information content (AvgIpc) is 2.55. The maximum atomic E-state index is 10.6. The van der Waals surface area contributed by atoms with Crippen LogP contribution in [-0.4, -0.2) is 15.2 Å². The van der Waals surface area contributed by atoms with Crippen LogP contribution < -0.4 is 0 Å². The molecule has 2 N–H and O–H groups in total. The monoisotopic (exact) mass is 321 g/mol. The number of hydrogen-bond donors (Lipinski definition) is 2. The third kappa shape index (κ3) is 3.07. The van der Waals surface area contributed by atoms with Crippen LogP contribution in [0.2, 0.25) is 0 Å². The van der Waals surface area contributed by atoms with Crippen LogP contribution in [0.15, 0.2) is 60.3 Å². The van der Waals surface area contributed by atoms with Crippen molar-refractivity contribution in [3.63, 3.8) is 0 Å². The number of rotatable bonds is 3. The van der Waals surface area contributed by atoms with Crippen LogP contribution >= 0.6 is 0 Å². The molecule has 1 aromatic heterocycles. The van der Waals surface area contributed by atoms with Crippen LogP contribution in [0.4, 0.5) is 0 Å². The Morgan fingerprint density at radius 2 is 1.92 bits per heavy atom. The Bertz CT molecular complexity index is 770. The fraction of sp³-hybridized carbons (Fsp3) is 0.286. The zero-order valence-corrected chi connectivity index (χ0v) is 14.2. The summed E-state index contributed by atoms with van der Waals surface area (Å²) in [6.07, 6.45) is 5.87. The van der Waals surface area contributed by atoms with Gasteiger partial charge in [-0.05, 0) is 56.9 Å². The second-order valence-electron chi connectivity index (χ2n) is 6.67. The Labute approximate surface area is 143 Å². The molecule has 0 bridgehead atoms. The summed E-state index contributed by atoms with van der Waals surface area (Å²) < 4.78 is 0. The summed E-state index contributed by atoms with van der Waals surface area (Å²) in [6.45, 7) is 8.21. The van der Waals surface area contributed by atoms with E-state index in [9.17, 15) is 10.2 Å². The highest BCUT2D eigenvalue weighted by Gasteiger charge is 2.30. The predicted molar refractivity (Wildman–Crippen MR) is 97.0 cm³/mol. The second-order valence-corrected chi connectivity index (χ2v) is 6.67. The van der Waals surface area contributed by atoms with Crippen molar-refractivity contribution in [2.45, 2.75) is 32.6 Å². The van der Waals surface area contributed by atoms with Gasteiger partial charge < -0.3 is 10.2 Å². The summed E-state index contributed by atoms with van der Waals surface area (Å²) >= 11 is 0. The maximum Gasteiger partial charge on any atom is 0.123 e. The summed E-state index contributed by atoms with van der Waals surface area (Å²) in [5.41, 5.74) is 4.38. The van der Waals surface area contributed by atoms with E-state index < -0.39 is 0 Å². The molecule has 1 aliphatic rings. The molecule has 0 spiro atoms. The predicted octanol–water partition coefficient (Wildman–Crippen LogP) is 5.18. The van der Waals surface area contributed by atoms with E-state index in [1.807, 2.05) is 25.1 Å². The van der Waals surface area contributed by atoms with Gasteiger partial charge in [0.2, 0.25) is 0 Å². The zero-order valence-electron chi connectivity index (χ0n) is 14.2. The van der Waals surface area contributed by atoms with Gasteiger partial charge in [-0.2, -0.15) is 0 Å². The van der Waals surface area contributed by atoms with Gasteiger partial charge in [-0.25, -0.2) is 0 Å². The highest BCUT2D eigenvalue weighted by atomic mass is 16.3. The molecule has 0 unspecified atom stereocenters. The highest BCUT2D eigenvalue weighted by Crippen LogP contribution is 2.47. The number of aromatic hydroxyl groups is 2. The Balaban J connectivity index is 2.08. The Morgan fingerprint density at radius 1 is 1.21 bits per heavy atom. The van der Waals surface area contributed by atoms with Gasteiger partial charge in [-0.1, -0.05) is 29.9 Å². The van der Waals surface area contributed by atoms with Crippen molar-refractivity contribution in [3.05, 3.63) is 65.9 Å². The fourth-order valence-corrected chi connectivity index (χ4v) is 3.55.